The molecule has 71 heavy (non-hydrogen) atoms. The average molecular weight is 1000 g/mol. The Kier molecular flexibility index (Phi) is 47.4. The zero-order valence-corrected chi connectivity index (χ0v) is 46.3. The number of benzene rings is 2. The lowest BCUT2D eigenvalue weighted by molar-refractivity contribution is -0.385. The summed E-state index contributed by atoms with van der Waals surface area (Å²) in [6.07, 6.45) is 54.1. The third-order valence-corrected chi connectivity index (χ3v) is 14.0. The molecule has 0 aromatic heterocycles. The first kappa shape index (κ1) is 67.4. The fourth-order valence-corrected chi connectivity index (χ4v) is 9.23. The van der Waals surface area contributed by atoms with E-state index in [4.69, 9.17) is 21.3 Å². The number of rotatable bonds is 46. The second kappa shape index (κ2) is 50.0. The smallest absolute Gasteiger partial charge is 0.273 e. The molecule has 0 fully saturated rings. The molecule has 6 N–H and O–H groups in total. The normalized spacial score (nSPS) is 11.8. The van der Waals surface area contributed by atoms with E-state index in [9.17, 15) is 25.3 Å². The highest BCUT2D eigenvalue weighted by Gasteiger charge is 2.15. The van der Waals surface area contributed by atoms with Gasteiger partial charge in [-0.1, -0.05) is 259 Å². The topological polar surface area (TPSA) is 188 Å². The van der Waals surface area contributed by atoms with Gasteiger partial charge in [0.05, 0.1) is 40.0 Å². The molecule has 0 saturated heterocycles. The van der Waals surface area contributed by atoms with Crippen LogP contribution in [0.5, 0.6) is 11.5 Å². The van der Waals surface area contributed by atoms with Gasteiger partial charge in [-0.15, -0.1) is 0 Å². The number of aliphatic hydroxyl groups excluding tert-OH is 1. The van der Waals surface area contributed by atoms with Gasteiger partial charge >= 0.3 is 0 Å². The van der Waals surface area contributed by atoms with E-state index in [1.165, 1.54) is 281 Å². The number of unbranched alkanes of at least 4 members (excludes halogenated alkanes) is 32. The highest BCUT2D eigenvalue weighted by molar-refractivity contribution is 5.57. The molecule has 0 radical (unpaired) electrons. The Hall–Kier alpha value is -3.60. The van der Waals surface area contributed by atoms with Crippen LogP contribution in [0.3, 0.4) is 0 Å². The average Bonchev–Trinajstić information content (AvgIpc) is 3.36. The molecule has 0 heterocycles. The summed E-state index contributed by atoms with van der Waals surface area (Å²) in [5.74, 6) is 1.25. The third kappa shape index (κ3) is 41.6. The molecule has 0 bridgehead atoms. The molecule has 0 saturated carbocycles. The molecule has 0 aliphatic heterocycles. The molecule has 0 aliphatic carbocycles. The van der Waals surface area contributed by atoms with Gasteiger partial charge in [0, 0.05) is 18.7 Å². The minimum atomic E-state index is -0.598. The monoisotopic (exact) mass is 999 g/mol. The van der Waals surface area contributed by atoms with Crippen LogP contribution >= 0.6 is 0 Å². The van der Waals surface area contributed by atoms with Crippen LogP contribution in [0.2, 0.25) is 0 Å². The largest absolute Gasteiger partial charge is 0.506 e. The van der Waals surface area contributed by atoms with E-state index < -0.39 is 9.85 Å². The summed E-state index contributed by atoms with van der Waals surface area (Å²) in [5.41, 5.74) is 11.7. The fourth-order valence-electron chi connectivity index (χ4n) is 9.23. The van der Waals surface area contributed by atoms with Crippen molar-refractivity contribution in [2.45, 2.75) is 285 Å². The molecule has 11 heteroatoms. The molecule has 412 valence electrons. The van der Waals surface area contributed by atoms with Gasteiger partial charge in [-0.3, -0.25) is 20.2 Å². The van der Waals surface area contributed by atoms with Crippen LogP contribution in [0, 0.1) is 32.1 Å². The lowest BCUT2D eigenvalue weighted by Gasteiger charge is -2.18. The van der Waals surface area contributed by atoms with Crippen LogP contribution in [0.25, 0.3) is 0 Å². The fraction of sp³-hybridized carbons (Fsp3) is 0.800. The van der Waals surface area contributed by atoms with E-state index in [-0.39, 0.29) is 22.8 Å². The van der Waals surface area contributed by atoms with Crippen LogP contribution < -0.4 is 16.2 Å². The zero-order valence-electron chi connectivity index (χ0n) is 46.3. The highest BCUT2D eigenvalue weighted by Crippen LogP contribution is 2.29. The summed E-state index contributed by atoms with van der Waals surface area (Å²) in [6, 6.07) is 7.99. The van der Waals surface area contributed by atoms with Crippen LogP contribution in [0.4, 0.5) is 22.7 Å². The van der Waals surface area contributed by atoms with E-state index >= 15 is 0 Å². The van der Waals surface area contributed by atoms with Crippen molar-refractivity contribution in [1.29, 1.82) is 0 Å². The van der Waals surface area contributed by atoms with Crippen molar-refractivity contribution >= 4 is 22.7 Å². The molecular weight excluding hydrogens is 889 g/mol. The molecule has 2 aromatic carbocycles. The molecule has 0 aliphatic rings. The molecule has 11 nitrogen and oxygen atoms in total. The maximum atomic E-state index is 11.1. The first-order valence-corrected chi connectivity index (χ1v) is 29.5. The van der Waals surface area contributed by atoms with Gasteiger partial charge in [0.25, 0.3) is 11.4 Å². The standard InChI is InChI=1S/C30H54N2O3.C24H50O.C6H6N2O3/c1-3-5-7-9-11-13-14-16-18-20-22-27(21-19-17-15-12-10-8-6-4-2)26-35-30-25-28(32(33)34)23-24-29(30)31;1-3-5-7-9-11-13-14-16-18-20-22-24(23-25)21-19-17-15-12-10-8-6-4-2;7-5-2-1-4(8(10)11)3-6(5)9/h23-25,27H,3-22,26,31H2,1-2H3;24-25H,3-23H2,1-2H3;1-3,9H,7H2. The first-order valence-electron chi connectivity index (χ1n) is 29.5. The van der Waals surface area contributed by atoms with Gasteiger partial charge in [0.2, 0.25) is 0 Å². The van der Waals surface area contributed by atoms with Crippen LogP contribution in [-0.4, -0.2) is 33.3 Å². The van der Waals surface area contributed by atoms with Crippen molar-refractivity contribution in [3.05, 3.63) is 56.6 Å². The molecule has 2 rings (SSSR count). The Morgan fingerprint density at radius 1 is 0.437 bits per heavy atom. The number of non-ortho nitro benzene ring substituents is 2. The first-order chi connectivity index (χ1) is 34.5. The maximum Gasteiger partial charge on any atom is 0.273 e. The van der Waals surface area contributed by atoms with Gasteiger partial charge in [-0.2, -0.15) is 0 Å². The van der Waals surface area contributed by atoms with Gasteiger partial charge in [0.1, 0.15) is 11.5 Å². The third-order valence-electron chi connectivity index (χ3n) is 14.0. The second-order valence-corrected chi connectivity index (χ2v) is 20.7. The SMILES string of the molecule is CCCCCCCCCCCCC(CCCCCCCCCC)COc1cc([N+](=O)[O-])ccc1N.CCCCCCCCCCCCC(CO)CCCCCCCCCC.Nc1ccc([N+](=O)[O-])cc1O. The predicted molar refractivity (Wildman–Crippen MR) is 304 cm³/mol. The highest BCUT2D eigenvalue weighted by atomic mass is 16.6. The number of anilines is 2. The molecular formula is C60H110N4O7. The number of nitrogens with zero attached hydrogens (tertiary/aromatic N) is 2. The molecule has 2 aromatic rings. The van der Waals surface area contributed by atoms with E-state index in [0.29, 0.717) is 36.5 Å². The number of hydrogen-bond donors (Lipinski definition) is 4. The molecule has 0 spiro atoms. The molecule has 2 atom stereocenters. The Balaban J connectivity index is 0.00000117. The number of nitrogen functional groups attached to an aromatic ring is 2. The van der Waals surface area contributed by atoms with Crippen LogP contribution in [0.1, 0.15) is 285 Å². The Morgan fingerprint density at radius 2 is 0.718 bits per heavy atom. The van der Waals surface area contributed by atoms with Crippen molar-refractivity contribution in [2.24, 2.45) is 11.8 Å². The second-order valence-electron chi connectivity index (χ2n) is 20.7. The van der Waals surface area contributed by atoms with E-state index in [0.717, 1.165) is 6.07 Å². The summed E-state index contributed by atoms with van der Waals surface area (Å²) in [6.45, 7) is 10.1. The van der Waals surface area contributed by atoms with Crippen molar-refractivity contribution < 1.29 is 24.8 Å². The Labute approximate surface area is 435 Å². The van der Waals surface area contributed by atoms with Crippen molar-refractivity contribution in [3.63, 3.8) is 0 Å². The summed E-state index contributed by atoms with van der Waals surface area (Å²) < 4.78 is 6.03. The Bertz CT molecular complexity index is 1510. The van der Waals surface area contributed by atoms with E-state index in [1.807, 2.05) is 0 Å². The number of hydrogen-bond acceptors (Lipinski definition) is 9. The summed E-state index contributed by atoms with van der Waals surface area (Å²) in [5, 5.41) is 39.7. The zero-order chi connectivity index (χ0) is 52.4. The van der Waals surface area contributed by atoms with Crippen LogP contribution in [-0.2, 0) is 0 Å². The number of nitro benzene ring substituents is 2. The van der Waals surface area contributed by atoms with Gasteiger partial charge < -0.3 is 26.4 Å². The quantitative estimate of drug-likeness (QED) is 0.0164. The van der Waals surface area contributed by atoms with Gasteiger partial charge in [-0.05, 0) is 49.7 Å². The molecule has 2 unspecified atom stereocenters. The minimum absolute atomic E-state index is 0.0310. The van der Waals surface area contributed by atoms with E-state index in [2.05, 4.69) is 27.7 Å². The van der Waals surface area contributed by atoms with Gasteiger partial charge in [0.15, 0.2) is 0 Å². The number of ether oxygens (including phenoxy) is 1. The summed E-state index contributed by atoms with van der Waals surface area (Å²) in [4.78, 5) is 20.2. The maximum absolute atomic E-state index is 11.1. The number of phenolic OH excluding ortho intramolecular Hbond substituents is 1. The predicted octanol–water partition coefficient (Wildman–Crippen LogP) is 19.3. The number of nitro groups is 2. The lowest BCUT2D eigenvalue weighted by atomic mass is 9.94. The minimum Gasteiger partial charge on any atom is -0.506 e. The Morgan fingerprint density at radius 3 is 1.01 bits per heavy atom. The number of aromatic hydroxyl groups is 1. The number of phenols is 1. The van der Waals surface area contributed by atoms with E-state index in [1.54, 1.807) is 6.07 Å². The van der Waals surface area contributed by atoms with Crippen molar-refractivity contribution in [3.8, 4) is 11.5 Å². The van der Waals surface area contributed by atoms with Crippen LogP contribution in [0.15, 0.2) is 36.4 Å². The lowest BCUT2D eigenvalue weighted by Crippen LogP contribution is -2.13. The number of nitrogens with two attached hydrogens (primary N) is 2. The summed E-state index contributed by atoms with van der Waals surface area (Å²) >= 11 is 0. The van der Waals surface area contributed by atoms with Crippen molar-refractivity contribution in [1.82, 2.24) is 0 Å². The number of aliphatic hydroxyl groups is 1. The van der Waals surface area contributed by atoms with Crippen molar-refractivity contribution in [2.75, 3.05) is 24.7 Å². The molecule has 0 amide bonds. The van der Waals surface area contributed by atoms with Gasteiger partial charge in [-0.25, -0.2) is 0 Å². The summed E-state index contributed by atoms with van der Waals surface area (Å²) in [7, 11) is 0.